The molecule has 4 nitrogen and oxygen atoms in total. The highest BCUT2D eigenvalue weighted by atomic mass is 35.5. The Balaban J connectivity index is 1.90. The molecule has 1 aliphatic rings. The fourth-order valence-corrected chi connectivity index (χ4v) is 2.80. The minimum atomic E-state index is -0.818. The van der Waals surface area contributed by atoms with Crippen LogP contribution in [0.5, 0.6) is 0 Å². The highest BCUT2D eigenvalue weighted by molar-refractivity contribution is 6.35. The van der Waals surface area contributed by atoms with Gasteiger partial charge < -0.3 is 10.1 Å². The van der Waals surface area contributed by atoms with E-state index in [-0.39, 0.29) is 23.8 Å². The molecule has 0 aromatic heterocycles. The Morgan fingerprint density at radius 1 is 1.27 bits per heavy atom. The quantitative estimate of drug-likeness (QED) is 0.824. The summed E-state index contributed by atoms with van der Waals surface area (Å²) >= 11 is 12.0. The third-order valence-corrected chi connectivity index (χ3v) is 4.45. The maximum Gasteiger partial charge on any atom is 0.309 e. The van der Waals surface area contributed by atoms with Crippen LogP contribution in [0.1, 0.15) is 44.7 Å². The Labute approximate surface area is 140 Å². The number of carbonyl (C=O) groups excluding carboxylic acids is 2. The lowest BCUT2D eigenvalue weighted by molar-refractivity contribution is -0.161. The van der Waals surface area contributed by atoms with Gasteiger partial charge in [-0.05, 0) is 44.4 Å². The number of hydrogen-bond acceptors (Lipinski definition) is 3. The first kappa shape index (κ1) is 17.1. The van der Waals surface area contributed by atoms with Crippen LogP contribution in [-0.4, -0.2) is 18.0 Å². The molecular formula is C16H19Cl2NO3. The fraction of sp³-hybridized carbons (Fsp3) is 0.500. The van der Waals surface area contributed by atoms with Crippen LogP contribution in [0.3, 0.4) is 0 Å². The summed E-state index contributed by atoms with van der Waals surface area (Å²) in [4.78, 5) is 23.9. The average Bonchev–Trinajstić information content (AvgIpc) is 2.35. The second-order valence-electron chi connectivity index (χ2n) is 5.60. The molecule has 0 spiro atoms. The molecule has 1 aromatic carbocycles. The highest BCUT2D eigenvalue weighted by Gasteiger charge is 2.29. The first-order valence-corrected chi connectivity index (χ1v) is 8.10. The zero-order valence-electron chi connectivity index (χ0n) is 12.6. The molecule has 22 heavy (non-hydrogen) atoms. The maximum absolute atomic E-state index is 12.1. The van der Waals surface area contributed by atoms with Crippen molar-refractivity contribution in [3.63, 3.8) is 0 Å². The van der Waals surface area contributed by atoms with Crippen LogP contribution in [0.25, 0.3) is 0 Å². The second kappa shape index (κ2) is 7.34. The minimum Gasteiger partial charge on any atom is -0.452 e. The molecule has 1 saturated carbocycles. The van der Waals surface area contributed by atoms with Crippen molar-refractivity contribution >= 4 is 35.1 Å². The van der Waals surface area contributed by atoms with Gasteiger partial charge in [0.05, 0.1) is 12.0 Å². The van der Waals surface area contributed by atoms with Gasteiger partial charge >= 0.3 is 5.97 Å². The molecule has 1 amide bonds. The SMILES string of the molecule is C[C@@H](OC(=O)C1CCC1)C(=O)N[C@H](C)c1ccc(Cl)cc1Cl. The first-order chi connectivity index (χ1) is 10.4. The largest absolute Gasteiger partial charge is 0.452 e. The number of hydrogen-bond donors (Lipinski definition) is 1. The number of nitrogens with one attached hydrogen (secondary N) is 1. The van der Waals surface area contributed by atoms with Crippen molar-refractivity contribution in [3.8, 4) is 0 Å². The van der Waals surface area contributed by atoms with Gasteiger partial charge in [0, 0.05) is 10.0 Å². The van der Waals surface area contributed by atoms with E-state index in [0.29, 0.717) is 10.0 Å². The maximum atomic E-state index is 12.1. The molecule has 1 fully saturated rings. The Morgan fingerprint density at radius 3 is 2.50 bits per heavy atom. The van der Waals surface area contributed by atoms with E-state index >= 15 is 0 Å². The van der Waals surface area contributed by atoms with E-state index in [0.717, 1.165) is 24.8 Å². The van der Waals surface area contributed by atoms with Crippen molar-refractivity contribution in [1.29, 1.82) is 0 Å². The summed E-state index contributed by atoms with van der Waals surface area (Å²) in [7, 11) is 0. The lowest BCUT2D eigenvalue weighted by atomic mass is 9.86. The van der Waals surface area contributed by atoms with Crippen molar-refractivity contribution in [2.45, 2.75) is 45.3 Å². The van der Waals surface area contributed by atoms with Gasteiger partial charge in [-0.2, -0.15) is 0 Å². The van der Waals surface area contributed by atoms with Crippen molar-refractivity contribution in [2.75, 3.05) is 0 Å². The molecule has 1 N–H and O–H groups in total. The summed E-state index contributed by atoms with van der Waals surface area (Å²) in [5.41, 5.74) is 0.761. The number of rotatable bonds is 5. The van der Waals surface area contributed by atoms with Crippen LogP contribution in [0.4, 0.5) is 0 Å². The molecule has 0 saturated heterocycles. The first-order valence-electron chi connectivity index (χ1n) is 7.34. The Hall–Kier alpha value is -1.26. The van der Waals surface area contributed by atoms with Gasteiger partial charge in [0.15, 0.2) is 6.10 Å². The van der Waals surface area contributed by atoms with Gasteiger partial charge in [0.25, 0.3) is 5.91 Å². The molecule has 0 unspecified atom stereocenters. The van der Waals surface area contributed by atoms with Crippen LogP contribution >= 0.6 is 23.2 Å². The van der Waals surface area contributed by atoms with E-state index in [4.69, 9.17) is 27.9 Å². The van der Waals surface area contributed by atoms with E-state index in [2.05, 4.69) is 5.32 Å². The van der Waals surface area contributed by atoms with Gasteiger partial charge in [-0.1, -0.05) is 35.7 Å². The van der Waals surface area contributed by atoms with Crippen LogP contribution in [0, 0.1) is 5.92 Å². The molecule has 2 atom stereocenters. The summed E-state index contributed by atoms with van der Waals surface area (Å²) in [5.74, 6) is -0.671. The zero-order valence-corrected chi connectivity index (χ0v) is 14.1. The van der Waals surface area contributed by atoms with Gasteiger partial charge in [0.2, 0.25) is 0 Å². The van der Waals surface area contributed by atoms with Gasteiger partial charge in [-0.15, -0.1) is 0 Å². The highest BCUT2D eigenvalue weighted by Crippen LogP contribution is 2.28. The van der Waals surface area contributed by atoms with Gasteiger partial charge in [-0.25, -0.2) is 0 Å². The summed E-state index contributed by atoms with van der Waals surface area (Å²) in [5, 5.41) is 3.82. The standard InChI is InChI=1S/C16H19Cl2NO3/c1-9(13-7-6-12(17)8-14(13)18)19-15(20)10(2)22-16(21)11-4-3-5-11/h6-11H,3-5H2,1-2H3,(H,19,20)/t9-,10-/m1/s1. The molecule has 0 radical (unpaired) electrons. The van der Waals surface area contributed by atoms with E-state index in [1.165, 1.54) is 0 Å². The van der Waals surface area contributed by atoms with Gasteiger partial charge in [0.1, 0.15) is 0 Å². The molecular weight excluding hydrogens is 325 g/mol. The fourth-order valence-electron chi connectivity index (χ4n) is 2.23. The Morgan fingerprint density at radius 2 is 1.95 bits per heavy atom. The summed E-state index contributed by atoms with van der Waals surface area (Å²) in [6, 6.07) is 4.80. The third-order valence-electron chi connectivity index (χ3n) is 3.89. The minimum absolute atomic E-state index is 0.0432. The number of ether oxygens (including phenoxy) is 1. The number of esters is 1. The van der Waals surface area contributed by atoms with Gasteiger partial charge in [-0.3, -0.25) is 9.59 Å². The lowest BCUT2D eigenvalue weighted by Crippen LogP contribution is -2.39. The third kappa shape index (κ3) is 4.14. The van der Waals surface area contributed by atoms with E-state index in [1.54, 1.807) is 25.1 Å². The number of benzene rings is 1. The molecule has 1 aliphatic carbocycles. The molecule has 0 aliphatic heterocycles. The molecule has 120 valence electrons. The number of carbonyl (C=O) groups is 2. The van der Waals surface area contributed by atoms with Crippen molar-refractivity contribution in [2.24, 2.45) is 5.92 Å². The zero-order chi connectivity index (χ0) is 16.3. The average molecular weight is 344 g/mol. The normalized spacial score (nSPS) is 17.3. The number of halogens is 2. The topological polar surface area (TPSA) is 55.4 Å². The molecule has 0 bridgehead atoms. The molecule has 2 rings (SSSR count). The monoisotopic (exact) mass is 343 g/mol. The van der Waals surface area contributed by atoms with Crippen LogP contribution in [0.2, 0.25) is 10.0 Å². The number of amides is 1. The summed E-state index contributed by atoms with van der Waals surface area (Å²) in [6.07, 6.45) is 1.93. The predicted molar refractivity (Wildman–Crippen MR) is 85.9 cm³/mol. The molecule has 6 heteroatoms. The smallest absolute Gasteiger partial charge is 0.309 e. The Bertz CT molecular complexity index is 573. The van der Waals surface area contributed by atoms with Crippen LogP contribution in [0.15, 0.2) is 18.2 Å². The molecule has 0 heterocycles. The lowest BCUT2D eigenvalue weighted by Gasteiger charge is -2.25. The second-order valence-corrected chi connectivity index (χ2v) is 6.45. The van der Waals surface area contributed by atoms with Crippen LogP contribution < -0.4 is 5.32 Å². The van der Waals surface area contributed by atoms with E-state index < -0.39 is 6.10 Å². The van der Waals surface area contributed by atoms with E-state index in [1.807, 2.05) is 6.92 Å². The van der Waals surface area contributed by atoms with E-state index in [9.17, 15) is 9.59 Å². The Kier molecular flexibility index (Phi) is 5.70. The predicted octanol–water partition coefficient (Wildman–Crippen LogP) is 3.90. The summed E-state index contributed by atoms with van der Waals surface area (Å²) in [6.45, 7) is 3.38. The van der Waals surface area contributed by atoms with Crippen molar-refractivity contribution in [1.82, 2.24) is 5.32 Å². The van der Waals surface area contributed by atoms with Crippen molar-refractivity contribution < 1.29 is 14.3 Å². The van der Waals surface area contributed by atoms with Crippen LogP contribution in [-0.2, 0) is 14.3 Å². The summed E-state index contributed by atoms with van der Waals surface area (Å²) < 4.78 is 5.20. The molecule has 1 aromatic rings. The van der Waals surface area contributed by atoms with Crippen molar-refractivity contribution in [3.05, 3.63) is 33.8 Å².